The van der Waals surface area contributed by atoms with Gasteiger partial charge in [0.15, 0.2) is 5.96 Å². The number of rotatable bonds is 10. The molecule has 0 unspecified atom stereocenters. The molecule has 2 rings (SSSR count). The van der Waals surface area contributed by atoms with Crippen molar-refractivity contribution in [3.8, 4) is 11.5 Å². The second kappa shape index (κ2) is 13.6. The number of benzene rings is 1. The molecule has 0 bridgehead atoms. The number of hydrogen-bond donors (Lipinski definition) is 2. The molecule has 1 aromatic heterocycles. The van der Waals surface area contributed by atoms with Crippen molar-refractivity contribution in [1.29, 1.82) is 0 Å². The Hall–Kier alpha value is -1.55. The fourth-order valence-corrected chi connectivity index (χ4v) is 3.33. The van der Waals surface area contributed by atoms with E-state index in [0.717, 1.165) is 49.1 Å². The van der Waals surface area contributed by atoms with Crippen LogP contribution in [0.1, 0.15) is 28.9 Å². The van der Waals surface area contributed by atoms with Crippen molar-refractivity contribution in [3.05, 3.63) is 39.8 Å². The van der Waals surface area contributed by atoms with Crippen LogP contribution >= 0.6 is 35.3 Å². The fraction of sp³-hybridized carbons (Fsp3) is 0.500. The van der Waals surface area contributed by atoms with Gasteiger partial charge in [-0.05, 0) is 45.0 Å². The van der Waals surface area contributed by atoms with E-state index in [1.165, 1.54) is 9.88 Å². The Morgan fingerprint density at radius 1 is 1.14 bits per heavy atom. The highest BCUT2D eigenvalue weighted by atomic mass is 127. The maximum atomic E-state index is 5.73. The highest BCUT2D eigenvalue weighted by Gasteiger charge is 2.04. The molecule has 0 atom stereocenters. The minimum Gasteiger partial charge on any atom is -0.497 e. The van der Waals surface area contributed by atoms with Crippen LogP contribution in [0.3, 0.4) is 0 Å². The first kappa shape index (κ1) is 24.5. The molecular formula is C20H31IN4O2S. The third kappa shape index (κ3) is 8.64. The summed E-state index contributed by atoms with van der Waals surface area (Å²) in [4.78, 5) is 10.5. The van der Waals surface area contributed by atoms with Gasteiger partial charge in [0, 0.05) is 37.4 Å². The summed E-state index contributed by atoms with van der Waals surface area (Å²) in [7, 11) is 1.66. The van der Waals surface area contributed by atoms with Gasteiger partial charge in [0.1, 0.15) is 11.5 Å². The maximum absolute atomic E-state index is 5.73. The Morgan fingerprint density at radius 3 is 2.46 bits per heavy atom. The Labute approximate surface area is 189 Å². The van der Waals surface area contributed by atoms with E-state index in [0.29, 0.717) is 13.2 Å². The smallest absolute Gasteiger partial charge is 0.191 e. The van der Waals surface area contributed by atoms with E-state index in [9.17, 15) is 0 Å². The number of hydrogen-bond acceptors (Lipinski definition) is 5. The minimum absolute atomic E-state index is 0. The van der Waals surface area contributed by atoms with Gasteiger partial charge in [-0.3, -0.25) is 4.99 Å². The van der Waals surface area contributed by atoms with Crippen LogP contribution in [0.4, 0.5) is 0 Å². The van der Waals surface area contributed by atoms with Gasteiger partial charge >= 0.3 is 0 Å². The first-order chi connectivity index (χ1) is 13.1. The summed E-state index contributed by atoms with van der Waals surface area (Å²) >= 11 is 1.77. The number of nitrogens with zero attached hydrogens (tertiary/aromatic N) is 2. The predicted octanol–water partition coefficient (Wildman–Crippen LogP) is 3.95. The number of aliphatic imine (C=N–C) groups is 1. The van der Waals surface area contributed by atoms with Crippen LogP contribution in [0, 0.1) is 13.8 Å². The zero-order chi connectivity index (χ0) is 19.5. The van der Waals surface area contributed by atoms with Crippen molar-refractivity contribution in [2.75, 3.05) is 33.4 Å². The van der Waals surface area contributed by atoms with Gasteiger partial charge in [-0.2, -0.15) is 0 Å². The molecule has 0 spiro atoms. The normalized spacial score (nSPS) is 10.9. The standard InChI is InChI=1S/C20H30N4O2S.HI/c1-5-21-20(23-13-11-19-24-15(2)16(3)27-19)22-12-6-14-26-18-9-7-17(25-4)8-10-18;/h7-10H,5-6,11-14H2,1-4H3,(H2,21,22,23);1H. The van der Waals surface area contributed by atoms with E-state index < -0.39 is 0 Å². The van der Waals surface area contributed by atoms with Crippen molar-refractivity contribution in [2.45, 2.75) is 33.6 Å². The molecule has 0 fully saturated rings. The first-order valence-corrected chi connectivity index (χ1v) is 10.2. The maximum Gasteiger partial charge on any atom is 0.191 e. The molecule has 0 saturated carbocycles. The molecule has 156 valence electrons. The van der Waals surface area contributed by atoms with E-state index in [-0.39, 0.29) is 24.0 Å². The molecule has 1 aromatic carbocycles. The minimum atomic E-state index is 0. The van der Waals surface area contributed by atoms with Crippen LogP contribution in [-0.4, -0.2) is 44.3 Å². The van der Waals surface area contributed by atoms with E-state index >= 15 is 0 Å². The summed E-state index contributed by atoms with van der Waals surface area (Å²) in [6, 6.07) is 7.61. The topological polar surface area (TPSA) is 67.8 Å². The summed E-state index contributed by atoms with van der Waals surface area (Å²) in [5.74, 6) is 2.52. The number of aryl methyl sites for hydroxylation is 2. The lowest BCUT2D eigenvalue weighted by Crippen LogP contribution is -2.38. The van der Waals surface area contributed by atoms with E-state index in [1.54, 1.807) is 18.4 Å². The molecule has 0 saturated heterocycles. The quantitative estimate of drug-likeness (QED) is 0.216. The Bertz CT molecular complexity index is 700. The lowest BCUT2D eigenvalue weighted by atomic mass is 10.3. The van der Waals surface area contributed by atoms with E-state index in [4.69, 9.17) is 9.47 Å². The van der Waals surface area contributed by atoms with E-state index in [1.807, 2.05) is 24.3 Å². The summed E-state index contributed by atoms with van der Waals surface area (Å²) in [5.41, 5.74) is 1.13. The summed E-state index contributed by atoms with van der Waals surface area (Å²) in [6.07, 6.45) is 1.76. The van der Waals surface area contributed by atoms with Crippen LogP contribution < -0.4 is 20.1 Å². The molecule has 0 amide bonds. The highest BCUT2D eigenvalue weighted by Crippen LogP contribution is 2.17. The average molecular weight is 518 g/mol. The van der Waals surface area contributed by atoms with Crippen LogP contribution in [0.15, 0.2) is 29.3 Å². The molecule has 0 radical (unpaired) electrons. The monoisotopic (exact) mass is 518 g/mol. The number of aromatic nitrogens is 1. The summed E-state index contributed by atoms with van der Waals surface area (Å²) < 4.78 is 10.9. The van der Waals surface area contributed by atoms with E-state index in [2.05, 4.69) is 41.4 Å². The molecule has 0 aliphatic carbocycles. The molecule has 8 heteroatoms. The molecule has 28 heavy (non-hydrogen) atoms. The number of nitrogens with one attached hydrogen (secondary N) is 2. The SMILES string of the molecule is CCNC(=NCCCOc1ccc(OC)cc1)NCCc1nc(C)c(C)s1.I. The number of guanidine groups is 1. The van der Waals surface area contributed by atoms with Crippen molar-refractivity contribution < 1.29 is 9.47 Å². The van der Waals surface area contributed by atoms with Crippen molar-refractivity contribution in [3.63, 3.8) is 0 Å². The molecule has 6 nitrogen and oxygen atoms in total. The van der Waals surface area contributed by atoms with Crippen LogP contribution in [0.25, 0.3) is 0 Å². The van der Waals surface area contributed by atoms with Gasteiger partial charge in [0.05, 0.1) is 24.4 Å². The Balaban J connectivity index is 0.00000392. The molecular weight excluding hydrogens is 487 g/mol. The van der Waals surface area contributed by atoms with Gasteiger partial charge in [0.2, 0.25) is 0 Å². The van der Waals surface area contributed by atoms with Crippen LogP contribution in [-0.2, 0) is 6.42 Å². The molecule has 1 heterocycles. The fourth-order valence-electron chi connectivity index (χ4n) is 2.39. The Morgan fingerprint density at radius 2 is 1.86 bits per heavy atom. The molecule has 2 aromatic rings. The van der Waals surface area contributed by atoms with Crippen molar-refractivity contribution >= 4 is 41.3 Å². The first-order valence-electron chi connectivity index (χ1n) is 9.34. The zero-order valence-electron chi connectivity index (χ0n) is 17.1. The third-order valence-corrected chi connectivity index (χ3v) is 5.08. The lowest BCUT2D eigenvalue weighted by Gasteiger charge is -2.11. The van der Waals surface area contributed by atoms with Crippen molar-refractivity contribution in [1.82, 2.24) is 15.6 Å². The second-order valence-electron chi connectivity index (χ2n) is 6.06. The number of methoxy groups -OCH3 is 1. The molecule has 0 aliphatic rings. The van der Waals surface area contributed by atoms with Crippen LogP contribution in [0.5, 0.6) is 11.5 Å². The van der Waals surface area contributed by atoms with Gasteiger partial charge in [-0.15, -0.1) is 35.3 Å². The predicted molar refractivity (Wildman–Crippen MR) is 128 cm³/mol. The number of halogens is 1. The Kier molecular flexibility index (Phi) is 11.9. The average Bonchev–Trinajstić information content (AvgIpc) is 2.99. The zero-order valence-corrected chi connectivity index (χ0v) is 20.2. The second-order valence-corrected chi connectivity index (χ2v) is 7.35. The summed E-state index contributed by atoms with van der Waals surface area (Å²) in [5, 5.41) is 7.81. The van der Waals surface area contributed by atoms with Gasteiger partial charge in [-0.25, -0.2) is 4.98 Å². The van der Waals surface area contributed by atoms with Gasteiger partial charge < -0.3 is 20.1 Å². The molecule has 0 aliphatic heterocycles. The van der Waals surface area contributed by atoms with Crippen molar-refractivity contribution in [2.24, 2.45) is 4.99 Å². The van der Waals surface area contributed by atoms with Gasteiger partial charge in [0.25, 0.3) is 0 Å². The third-order valence-electron chi connectivity index (χ3n) is 3.95. The lowest BCUT2D eigenvalue weighted by molar-refractivity contribution is 0.312. The summed E-state index contributed by atoms with van der Waals surface area (Å²) in [6.45, 7) is 9.24. The van der Waals surface area contributed by atoms with Crippen LogP contribution in [0.2, 0.25) is 0 Å². The van der Waals surface area contributed by atoms with Gasteiger partial charge in [-0.1, -0.05) is 0 Å². The number of thiazole rings is 1. The molecule has 2 N–H and O–H groups in total. The number of ether oxygens (including phenoxy) is 2. The largest absolute Gasteiger partial charge is 0.497 e. The highest BCUT2D eigenvalue weighted by molar-refractivity contribution is 14.0.